The van der Waals surface area contributed by atoms with Gasteiger partial charge in [0.1, 0.15) is 0 Å². The summed E-state index contributed by atoms with van der Waals surface area (Å²) < 4.78 is 0. The number of benzene rings is 2. The third-order valence-electron chi connectivity index (χ3n) is 3.16. The molecule has 0 saturated heterocycles. The molecule has 2 aromatic rings. The summed E-state index contributed by atoms with van der Waals surface area (Å²) in [4.78, 5) is 11.7. The smallest absolute Gasteiger partial charge is 0.350 e. The summed E-state index contributed by atoms with van der Waals surface area (Å²) in [5.41, 5.74) is 0.295. The zero-order chi connectivity index (χ0) is 14.4. The number of carboxylic acid groups (broad SMARTS) is 1. The standard InChI is InChI=1S/C16H18N2O2/c1-2-16(15(19)20,17-13-9-5-3-6-10-13)18-14-11-7-4-8-12-14/h3-12,17-18H,2H2,1H3,(H,19,20). The molecule has 4 heteroatoms. The van der Waals surface area contributed by atoms with E-state index in [0.29, 0.717) is 6.42 Å². The Kier molecular flexibility index (Phi) is 4.25. The monoisotopic (exact) mass is 270 g/mol. The predicted octanol–water partition coefficient (Wildman–Crippen LogP) is 3.40. The lowest BCUT2D eigenvalue weighted by atomic mass is 10.1. The van der Waals surface area contributed by atoms with Gasteiger partial charge in [-0.2, -0.15) is 0 Å². The molecule has 3 N–H and O–H groups in total. The molecule has 2 rings (SSSR count). The second-order valence-corrected chi connectivity index (χ2v) is 4.55. The summed E-state index contributed by atoms with van der Waals surface area (Å²) >= 11 is 0. The third kappa shape index (κ3) is 3.09. The van der Waals surface area contributed by atoms with E-state index in [1.54, 1.807) is 0 Å². The molecule has 0 radical (unpaired) electrons. The second kappa shape index (κ2) is 6.10. The van der Waals surface area contributed by atoms with E-state index in [4.69, 9.17) is 0 Å². The molecule has 104 valence electrons. The summed E-state index contributed by atoms with van der Waals surface area (Å²) in [6.07, 6.45) is 0.395. The lowest BCUT2D eigenvalue weighted by molar-refractivity contribution is -0.141. The molecule has 0 heterocycles. The van der Waals surface area contributed by atoms with Crippen LogP contribution >= 0.6 is 0 Å². The van der Waals surface area contributed by atoms with E-state index in [-0.39, 0.29) is 0 Å². The SMILES string of the molecule is CCC(Nc1ccccc1)(Nc1ccccc1)C(=O)O. The number of carbonyl (C=O) groups is 1. The van der Waals surface area contributed by atoms with E-state index >= 15 is 0 Å². The minimum absolute atomic E-state index is 0.395. The van der Waals surface area contributed by atoms with Gasteiger partial charge < -0.3 is 15.7 Å². The molecule has 0 aliphatic rings. The number of hydrogen-bond acceptors (Lipinski definition) is 3. The Balaban J connectivity index is 2.28. The van der Waals surface area contributed by atoms with E-state index in [2.05, 4.69) is 10.6 Å². The lowest BCUT2D eigenvalue weighted by Crippen LogP contribution is -2.52. The van der Waals surface area contributed by atoms with Crippen molar-refractivity contribution in [2.45, 2.75) is 19.0 Å². The molecular weight excluding hydrogens is 252 g/mol. The molecule has 0 unspecified atom stereocenters. The highest BCUT2D eigenvalue weighted by molar-refractivity contribution is 5.86. The van der Waals surface area contributed by atoms with Gasteiger partial charge in [-0.05, 0) is 30.7 Å². The minimum Gasteiger partial charge on any atom is -0.478 e. The van der Waals surface area contributed by atoms with Crippen LogP contribution in [0.3, 0.4) is 0 Å². The van der Waals surface area contributed by atoms with Crippen LogP contribution in [0, 0.1) is 0 Å². The number of rotatable bonds is 6. The van der Waals surface area contributed by atoms with Crippen molar-refractivity contribution in [3.63, 3.8) is 0 Å². The minimum atomic E-state index is -1.23. The van der Waals surface area contributed by atoms with Gasteiger partial charge in [-0.1, -0.05) is 43.3 Å². The van der Waals surface area contributed by atoms with Crippen molar-refractivity contribution < 1.29 is 9.90 Å². The largest absolute Gasteiger partial charge is 0.478 e. The Labute approximate surface area is 118 Å². The van der Waals surface area contributed by atoms with Crippen molar-refractivity contribution in [3.05, 3.63) is 60.7 Å². The number of anilines is 2. The van der Waals surface area contributed by atoms with Crippen molar-refractivity contribution >= 4 is 17.3 Å². The molecule has 0 fully saturated rings. The fourth-order valence-corrected chi connectivity index (χ4v) is 2.00. The second-order valence-electron chi connectivity index (χ2n) is 4.55. The van der Waals surface area contributed by atoms with E-state index in [9.17, 15) is 9.90 Å². The van der Waals surface area contributed by atoms with Gasteiger partial charge in [0.05, 0.1) is 0 Å². The molecule has 0 spiro atoms. The van der Waals surface area contributed by atoms with Crippen LogP contribution in [0.4, 0.5) is 11.4 Å². The Hall–Kier alpha value is -2.49. The summed E-state index contributed by atoms with van der Waals surface area (Å²) in [5, 5.41) is 15.8. The quantitative estimate of drug-likeness (QED) is 0.704. The van der Waals surface area contributed by atoms with Crippen LogP contribution < -0.4 is 10.6 Å². The molecule has 0 saturated carbocycles. The Bertz CT molecular complexity index is 514. The molecule has 2 aromatic carbocycles. The van der Waals surface area contributed by atoms with E-state index in [1.807, 2.05) is 67.6 Å². The van der Waals surface area contributed by atoms with Crippen LogP contribution in [0.1, 0.15) is 13.3 Å². The van der Waals surface area contributed by atoms with Crippen LogP contribution in [0.2, 0.25) is 0 Å². The molecule has 4 nitrogen and oxygen atoms in total. The molecule has 0 atom stereocenters. The van der Waals surface area contributed by atoms with Gasteiger partial charge in [0.15, 0.2) is 0 Å². The summed E-state index contributed by atoms with van der Waals surface area (Å²) in [5.74, 6) is -0.937. The highest BCUT2D eigenvalue weighted by Gasteiger charge is 2.36. The van der Waals surface area contributed by atoms with Gasteiger partial charge >= 0.3 is 5.97 Å². The molecule has 20 heavy (non-hydrogen) atoms. The van der Waals surface area contributed by atoms with Crippen molar-refractivity contribution in [2.75, 3.05) is 10.6 Å². The summed E-state index contributed by atoms with van der Waals surface area (Å²) in [6, 6.07) is 18.6. The topological polar surface area (TPSA) is 61.4 Å². The summed E-state index contributed by atoms with van der Waals surface area (Å²) in [7, 11) is 0. The molecule has 0 aliphatic heterocycles. The number of para-hydroxylation sites is 2. The predicted molar refractivity (Wildman–Crippen MR) is 80.8 cm³/mol. The van der Waals surface area contributed by atoms with Gasteiger partial charge in [0.25, 0.3) is 0 Å². The first kappa shape index (κ1) is 13.9. The maximum atomic E-state index is 11.7. The highest BCUT2D eigenvalue weighted by Crippen LogP contribution is 2.22. The van der Waals surface area contributed by atoms with E-state index < -0.39 is 11.6 Å². The average molecular weight is 270 g/mol. The molecule has 0 aromatic heterocycles. The number of nitrogens with one attached hydrogen (secondary N) is 2. The maximum absolute atomic E-state index is 11.7. The van der Waals surface area contributed by atoms with Crippen LogP contribution in [-0.4, -0.2) is 16.7 Å². The maximum Gasteiger partial charge on any atom is 0.350 e. The first-order valence-corrected chi connectivity index (χ1v) is 6.56. The van der Waals surface area contributed by atoms with Gasteiger partial charge in [-0.15, -0.1) is 0 Å². The fraction of sp³-hybridized carbons (Fsp3) is 0.188. The van der Waals surface area contributed by atoms with E-state index in [1.165, 1.54) is 0 Å². The first-order chi connectivity index (χ1) is 9.66. The molecule has 0 amide bonds. The van der Waals surface area contributed by atoms with Crippen molar-refractivity contribution in [1.29, 1.82) is 0 Å². The van der Waals surface area contributed by atoms with Gasteiger partial charge in [0, 0.05) is 11.4 Å². The average Bonchev–Trinajstić information content (AvgIpc) is 2.48. The van der Waals surface area contributed by atoms with Gasteiger partial charge in [0.2, 0.25) is 5.66 Å². The zero-order valence-corrected chi connectivity index (χ0v) is 11.3. The summed E-state index contributed by atoms with van der Waals surface area (Å²) in [6.45, 7) is 1.83. The number of carboxylic acids is 1. The molecular formula is C16H18N2O2. The number of aliphatic carboxylic acids is 1. The van der Waals surface area contributed by atoms with Crippen molar-refractivity contribution in [1.82, 2.24) is 0 Å². The van der Waals surface area contributed by atoms with E-state index in [0.717, 1.165) is 11.4 Å². The molecule has 0 bridgehead atoms. The highest BCUT2D eigenvalue weighted by atomic mass is 16.4. The van der Waals surface area contributed by atoms with Crippen molar-refractivity contribution in [2.24, 2.45) is 0 Å². The fourth-order valence-electron chi connectivity index (χ4n) is 2.00. The zero-order valence-electron chi connectivity index (χ0n) is 11.3. The van der Waals surface area contributed by atoms with Gasteiger partial charge in [-0.25, -0.2) is 4.79 Å². The van der Waals surface area contributed by atoms with Crippen LogP contribution in [0.25, 0.3) is 0 Å². The third-order valence-corrected chi connectivity index (χ3v) is 3.16. The Morgan fingerprint density at radius 3 is 1.65 bits per heavy atom. The number of hydrogen-bond donors (Lipinski definition) is 3. The first-order valence-electron chi connectivity index (χ1n) is 6.56. The van der Waals surface area contributed by atoms with Gasteiger partial charge in [-0.3, -0.25) is 0 Å². The van der Waals surface area contributed by atoms with Crippen LogP contribution in [0.15, 0.2) is 60.7 Å². The van der Waals surface area contributed by atoms with Crippen LogP contribution in [0.5, 0.6) is 0 Å². The van der Waals surface area contributed by atoms with Crippen LogP contribution in [-0.2, 0) is 4.79 Å². The van der Waals surface area contributed by atoms with Crippen molar-refractivity contribution in [3.8, 4) is 0 Å². The lowest BCUT2D eigenvalue weighted by Gasteiger charge is -2.32. The normalized spacial score (nSPS) is 10.8. The Morgan fingerprint density at radius 1 is 0.950 bits per heavy atom. The molecule has 0 aliphatic carbocycles. The Morgan fingerprint density at radius 2 is 1.35 bits per heavy atom.